The van der Waals surface area contributed by atoms with Crippen molar-refractivity contribution >= 4 is 23.8 Å². The van der Waals surface area contributed by atoms with Crippen LogP contribution in [0.2, 0.25) is 0 Å². The van der Waals surface area contributed by atoms with Crippen LogP contribution in [0, 0.1) is 5.41 Å². The minimum atomic E-state index is -0.728. The molecule has 4 N–H and O–H groups in total. The number of nitrogens with two attached hydrogens (primary N) is 1. The fraction of sp³-hybridized carbons (Fsp3) is 0.778. The SMILES string of the molecule is CC(C)NC(=O)N[C@H]1C[C@@H](C(=O)N(C)CC(N)=O)N(C(=O)CC(C)(C)C)C1. The second-order valence-corrected chi connectivity index (χ2v) is 8.67. The van der Waals surface area contributed by atoms with Crippen molar-refractivity contribution in [3.8, 4) is 0 Å². The summed E-state index contributed by atoms with van der Waals surface area (Å²) in [5.41, 5.74) is 4.94. The van der Waals surface area contributed by atoms with Crippen LogP contribution in [0.3, 0.4) is 0 Å². The molecule has 0 aromatic rings. The summed E-state index contributed by atoms with van der Waals surface area (Å²) in [6, 6.07) is -1.43. The zero-order valence-corrected chi connectivity index (χ0v) is 17.2. The van der Waals surface area contributed by atoms with Gasteiger partial charge in [0.15, 0.2) is 0 Å². The summed E-state index contributed by atoms with van der Waals surface area (Å²) in [7, 11) is 1.48. The highest BCUT2D eigenvalue weighted by Crippen LogP contribution is 2.26. The number of amides is 5. The van der Waals surface area contributed by atoms with Gasteiger partial charge in [0.2, 0.25) is 17.7 Å². The molecule has 0 aromatic heterocycles. The lowest BCUT2D eigenvalue weighted by Gasteiger charge is -2.29. The highest BCUT2D eigenvalue weighted by atomic mass is 16.2. The van der Waals surface area contributed by atoms with Gasteiger partial charge >= 0.3 is 6.03 Å². The summed E-state index contributed by atoms with van der Waals surface area (Å²) < 4.78 is 0. The van der Waals surface area contributed by atoms with Crippen molar-refractivity contribution in [1.29, 1.82) is 0 Å². The molecule has 0 saturated carbocycles. The van der Waals surface area contributed by atoms with Crippen molar-refractivity contribution in [1.82, 2.24) is 20.4 Å². The molecule has 1 fully saturated rings. The van der Waals surface area contributed by atoms with E-state index in [-0.39, 0.29) is 54.9 Å². The van der Waals surface area contributed by atoms with E-state index in [9.17, 15) is 19.2 Å². The van der Waals surface area contributed by atoms with Crippen LogP contribution in [0.1, 0.15) is 47.5 Å². The minimum Gasteiger partial charge on any atom is -0.368 e. The first-order valence-electron chi connectivity index (χ1n) is 9.20. The number of primary amides is 1. The third-order valence-electron chi connectivity index (χ3n) is 4.11. The van der Waals surface area contributed by atoms with Crippen LogP contribution in [0.25, 0.3) is 0 Å². The van der Waals surface area contributed by atoms with Crippen molar-refractivity contribution in [2.75, 3.05) is 20.1 Å². The number of carbonyl (C=O) groups excluding carboxylic acids is 4. The van der Waals surface area contributed by atoms with Gasteiger partial charge in [0, 0.05) is 26.1 Å². The van der Waals surface area contributed by atoms with Crippen LogP contribution in [0.15, 0.2) is 0 Å². The molecule has 1 heterocycles. The summed E-state index contributed by atoms with van der Waals surface area (Å²) in [5, 5.41) is 5.55. The van der Waals surface area contributed by atoms with Gasteiger partial charge in [0.05, 0.1) is 12.6 Å². The molecule has 1 rings (SSSR count). The summed E-state index contributed by atoms with van der Waals surface area (Å²) >= 11 is 0. The molecule has 2 atom stereocenters. The van der Waals surface area contributed by atoms with Crippen LogP contribution < -0.4 is 16.4 Å². The Kier molecular flexibility index (Phi) is 7.62. The molecule has 1 saturated heterocycles. The molecule has 27 heavy (non-hydrogen) atoms. The molecule has 0 radical (unpaired) electrons. The number of nitrogens with one attached hydrogen (secondary N) is 2. The standard InChI is InChI=1S/C18H33N5O4/c1-11(2)20-17(27)21-12-7-13(16(26)22(6)10-14(19)24)23(9-12)15(25)8-18(3,4)5/h11-13H,7-10H2,1-6H3,(H2,19,24)(H2,20,21,27)/t12-,13-/m0/s1. The van der Waals surface area contributed by atoms with Crippen molar-refractivity contribution in [3.63, 3.8) is 0 Å². The first-order valence-corrected chi connectivity index (χ1v) is 9.20. The summed E-state index contributed by atoms with van der Waals surface area (Å²) in [6.45, 7) is 9.56. The molecule has 0 aliphatic carbocycles. The monoisotopic (exact) mass is 383 g/mol. The van der Waals surface area contributed by atoms with Crippen LogP contribution in [0.5, 0.6) is 0 Å². The molecule has 9 nitrogen and oxygen atoms in total. The normalized spacial score (nSPS) is 19.7. The molecular weight excluding hydrogens is 350 g/mol. The van der Waals surface area contributed by atoms with Gasteiger partial charge < -0.3 is 26.2 Å². The van der Waals surface area contributed by atoms with Gasteiger partial charge in [0.1, 0.15) is 6.04 Å². The van der Waals surface area contributed by atoms with E-state index < -0.39 is 11.9 Å². The fourth-order valence-electron chi connectivity index (χ4n) is 3.06. The maximum absolute atomic E-state index is 12.8. The topological polar surface area (TPSA) is 125 Å². The average molecular weight is 383 g/mol. The Morgan fingerprint density at radius 2 is 1.81 bits per heavy atom. The second kappa shape index (κ2) is 9.05. The Bertz CT molecular complexity index is 585. The average Bonchev–Trinajstić information content (AvgIpc) is 2.86. The van der Waals surface area contributed by atoms with Gasteiger partial charge in [-0.05, 0) is 25.7 Å². The summed E-state index contributed by atoms with van der Waals surface area (Å²) in [6.07, 6.45) is 0.574. The highest BCUT2D eigenvalue weighted by molar-refractivity contribution is 5.91. The number of rotatable bonds is 6. The van der Waals surface area contributed by atoms with E-state index in [1.165, 1.54) is 16.8 Å². The Balaban J connectivity index is 2.93. The Morgan fingerprint density at radius 3 is 2.30 bits per heavy atom. The molecule has 1 aliphatic heterocycles. The van der Waals surface area contributed by atoms with E-state index in [2.05, 4.69) is 10.6 Å². The van der Waals surface area contributed by atoms with Crippen LogP contribution in [0.4, 0.5) is 4.79 Å². The van der Waals surface area contributed by atoms with Crippen molar-refractivity contribution in [2.24, 2.45) is 11.1 Å². The second-order valence-electron chi connectivity index (χ2n) is 8.67. The fourth-order valence-corrected chi connectivity index (χ4v) is 3.06. The molecule has 1 aliphatic rings. The quantitative estimate of drug-likeness (QED) is 0.599. The zero-order chi connectivity index (χ0) is 20.9. The summed E-state index contributed by atoms with van der Waals surface area (Å²) in [5.74, 6) is -1.13. The molecule has 5 amide bonds. The van der Waals surface area contributed by atoms with Gasteiger partial charge in [-0.25, -0.2) is 4.79 Å². The molecule has 9 heteroatoms. The van der Waals surface area contributed by atoms with E-state index in [1.54, 1.807) is 0 Å². The van der Waals surface area contributed by atoms with E-state index in [0.717, 1.165) is 0 Å². The van der Waals surface area contributed by atoms with Gasteiger partial charge in [-0.1, -0.05) is 20.8 Å². The van der Waals surface area contributed by atoms with E-state index in [0.29, 0.717) is 6.42 Å². The number of carbonyl (C=O) groups is 4. The first kappa shape index (κ1) is 22.7. The third kappa shape index (κ3) is 7.44. The predicted molar refractivity (Wildman–Crippen MR) is 102 cm³/mol. The van der Waals surface area contributed by atoms with Gasteiger partial charge in [-0.15, -0.1) is 0 Å². The zero-order valence-electron chi connectivity index (χ0n) is 17.2. The first-order chi connectivity index (χ1) is 12.3. The Labute approximate surface area is 161 Å². The molecule has 154 valence electrons. The lowest BCUT2D eigenvalue weighted by Crippen LogP contribution is -2.49. The number of likely N-dealkylation sites (N-methyl/N-ethyl adjacent to an activating group) is 1. The smallest absolute Gasteiger partial charge is 0.315 e. The molecular formula is C18H33N5O4. The van der Waals surface area contributed by atoms with E-state index >= 15 is 0 Å². The van der Waals surface area contributed by atoms with Crippen molar-refractivity contribution in [3.05, 3.63) is 0 Å². The Hall–Kier alpha value is -2.32. The van der Waals surface area contributed by atoms with Gasteiger partial charge in [-0.3, -0.25) is 14.4 Å². The molecule has 0 aromatic carbocycles. The lowest BCUT2D eigenvalue weighted by molar-refractivity contribution is -0.144. The van der Waals surface area contributed by atoms with E-state index in [1.807, 2.05) is 34.6 Å². The largest absolute Gasteiger partial charge is 0.368 e. The Morgan fingerprint density at radius 1 is 1.22 bits per heavy atom. The summed E-state index contributed by atoms with van der Waals surface area (Å²) in [4.78, 5) is 51.4. The van der Waals surface area contributed by atoms with Crippen LogP contribution >= 0.6 is 0 Å². The van der Waals surface area contributed by atoms with Crippen LogP contribution in [-0.2, 0) is 14.4 Å². The number of hydrogen-bond acceptors (Lipinski definition) is 4. The molecule has 0 bridgehead atoms. The van der Waals surface area contributed by atoms with Crippen molar-refractivity contribution < 1.29 is 19.2 Å². The number of likely N-dealkylation sites (tertiary alicyclic amines) is 1. The highest BCUT2D eigenvalue weighted by Gasteiger charge is 2.42. The number of urea groups is 1. The number of nitrogens with zero attached hydrogens (tertiary/aromatic N) is 2. The molecule has 0 unspecified atom stereocenters. The number of hydrogen-bond donors (Lipinski definition) is 3. The maximum Gasteiger partial charge on any atom is 0.315 e. The molecule has 0 spiro atoms. The lowest BCUT2D eigenvalue weighted by atomic mass is 9.91. The van der Waals surface area contributed by atoms with Crippen molar-refractivity contribution in [2.45, 2.75) is 65.6 Å². The third-order valence-corrected chi connectivity index (χ3v) is 4.11. The van der Waals surface area contributed by atoms with Crippen LogP contribution in [-0.4, -0.2) is 71.8 Å². The predicted octanol–water partition coefficient (Wildman–Crippen LogP) is 0.0434. The van der Waals surface area contributed by atoms with Gasteiger partial charge in [-0.2, -0.15) is 0 Å². The maximum atomic E-state index is 12.8. The van der Waals surface area contributed by atoms with Gasteiger partial charge in [0.25, 0.3) is 0 Å². The minimum absolute atomic E-state index is 0.0239. The van der Waals surface area contributed by atoms with E-state index in [4.69, 9.17) is 5.73 Å².